The number of hydrogen-bond acceptors (Lipinski definition) is 3. The molecule has 0 radical (unpaired) electrons. The van der Waals surface area contributed by atoms with Gasteiger partial charge in [-0.25, -0.2) is 0 Å². The van der Waals surface area contributed by atoms with Gasteiger partial charge in [-0.1, -0.05) is 41.5 Å². The number of hydrogen-bond donors (Lipinski definition) is 0. The third-order valence-electron chi connectivity index (χ3n) is 4.25. The van der Waals surface area contributed by atoms with Crippen molar-refractivity contribution in [1.29, 1.82) is 0 Å². The van der Waals surface area contributed by atoms with Crippen molar-refractivity contribution in [2.45, 2.75) is 60.1 Å². The maximum atomic E-state index is 12.8. The minimum atomic E-state index is -0.463. The smallest absolute Gasteiger partial charge is 0.228 e. The van der Waals surface area contributed by atoms with Gasteiger partial charge in [0.25, 0.3) is 0 Å². The van der Waals surface area contributed by atoms with Crippen molar-refractivity contribution in [3.8, 4) is 0 Å². The lowest BCUT2D eigenvalue weighted by molar-refractivity contribution is -0.149. The standard InChI is InChI=1S/C16H27NO3/c1-15(2,3)13(18)11-12-10(7-8-20-12)9-17(11)14(19)16(4,5)6/h10-12H,7-9H2,1-6H3. The largest absolute Gasteiger partial charge is 0.375 e. The fourth-order valence-corrected chi connectivity index (χ4v) is 3.12. The van der Waals surface area contributed by atoms with Gasteiger partial charge in [-0.15, -0.1) is 0 Å². The summed E-state index contributed by atoms with van der Waals surface area (Å²) in [5, 5.41) is 0. The number of ether oxygens (including phenoxy) is 1. The molecule has 0 bridgehead atoms. The van der Waals surface area contributed by atoms with Crippen LogP contribution in [0.5, 0.6) is 0 Å². The topological polar surface area (TPSA) is 46.6 Å². The summed E-state index contributed by atoms with van der Waals surface area (Å²) in [7, 11) is 0. The van der Waals surface area contributed by atoms with Gasteiger partial charge in [0.05, 0.1) is 6.10 Å². The Morgan fingerprint density at radius 3 is 2.15 bits per heavy atom. The summed E-state index contributed by atoms with van der Waals surface area (Å²) >= 11 is 0. The highest BCUT2D eigenvalue weighted by Gasteiger charge is 2.53. The van der Waals surface area contributed by atoms with Gasteiger partial charge in [-0.3, -0.25) is 9.59 Å². The van der Waals surface area contributed by atoms with E-state index in [9.17, 15) is 9.59 Å². The molecule has 0 aromatic carbocycles. The molecular weight excluding hydrogens is 254 g/mol. The molecule has 3 unspecified atom stereocenters. The molecule has 0 spiro atoms. The van der Waals surface area contributed by atoms with Crippen molar-refractivity contribution in [2.75, 3.05) is 13.2 Å². The van der Waals surface area contributed by atoms with Crippen LogP contribution in [0.25, 0.3) is 0 Å². The molecule has 20 heavy (non-hydrogen) atoms. The summed E-state index contributed by atoms with van der Waals surface area (Å²) < 4.78 is 5.78. The number of ketones is 1. The second-order valence-corrected chi connectivity index (χ2v) is 8.15. The molecule has 4 heteroatoms. The molecule has 0 N–H and O–H groups in total. The van der Waals surface area contributed by atoms with Crippen molar-refractivity contribution in [3.63, 3.8) is 0 Å². The quantitative estimate of drug-likeness (QED) is 0.740. The summed E-state index contributed by atoms with van der Waals surface area (Å²) in [6.45, 7) is 12.8. The van der Waals surface area contributed by atoms with Gasteiger partial charge in [0.15, 0.2) is 5.78 Å². The molecule has 1 amide bonds. The summed E-state index contributed by atoms with van der Waals surface area (Å²) in [5.74, 6) is 0.486. The maximum absolute atomic E-state index is 12.8. The zero-order chi connectivity index (χ0) is 15.3. The van der Waals surface area contributed by atoms with Crippen LogP contribution in [0.1, 0.15) is 48.0 Å². The lowest BCUT2D eigenvalue weighted by atomic mass is 9.83. The highest BCUT2D eigenvalue weighted by atomic mass is 16.5. The first kappa shape index (κ1) is 15.5. The second kappa shape index (κ2) is 4.83. The molecule has 0 saturated carbocycles. The van der Waals surface area contributed by atoms with Crippen LogP contribution in [0, 0.1) is 16.7 Å². The highest BCUT2D eigenvalue weighted by molar-refractivity contribution is 5.94. The molecule has 2 rings (SSSR count). The predicted octanol–water partition coefficient (Wildman–Crippen LogP) is 2.26. The average molecular weight is 281 g/mol. The van der Waals surface area contributed by atoms with E-state index in [1.807, 2.05) is 41.5 Å². The van der Waals surface area contributed by atoms with E-state index < -0.39 is 16.9 Å². The fourth-order valence-electron chi connectivity index (χ4n) is 3.12. The van der Waals surface area contributed by atoms with E-state index in [-0.39, 0.29) is 17.8 Å². The fraction of sp³-hybridized carbons (Fsp3) is 0.875. The molecule has 0 aromatic heterocycles. The minimum Gasteiger partial charge on any atom is -0.375 e. The van der Waals surface area contributed by atoms with Gasteiger partial charge >= 0.3 is 0 Å². The van der Waals surface area contributed by atoms with Crippen LogP contribution in [-0.2, 0) is 14.3 Å². The van der Waals surface area contributed by atoms with E-state index in [1.54, 1.807) is 4.90 Å². The van der Waals surface area contributed by atoms with Gasteiger partial charge in [-0.2, -0.15) is 0 Å². The van der Waals surface area contributed by atoms with Crippen LogP contribution in [0.4, 0.5) is 0 Å². The number of fused-ring (bicyclic) bond motifs is 1. The van der Waals surface area contributed by atoms with Gasteiger partial charge in [0.2, 0.25) is 5.91 Å². The molecule has 2 aliphatic heterocycles. The summed E-state index contributed by atoms with van der Waals surface area (Å²) in [5.41, 5.74) is -0.920. The van der Waals surface area contributed by atoms with Crippen molar-refractivity contribution >= 4 is 11.7 Å². The lowest BCUT2D eigenvalue weighted by Crippen LogP contribution is -2.52. The predicted molar refractivity (Wildman–Crippen MR) is 77.3 cm³/mol. The lowest BCUT2D eigenvalue weighted by Gasteiger charge is -2.34. The van der Waals surface area contributed by atoms with E-state index in [0.717, 1.165) is 6.42 Å². The van der Waals surface area contributed by atoms with E-state index >= 15 is 0 Å². The van der Waals surface area contributed by atoms with Gasteiger partial charge < -0.3 is 9.64 Å². The highest BCUT2D eigenvalue weighted by Crippen LogP contribution is 2.39. The maximum Gasteiger partial charge on any atom is 0.228 e. The Hall–Kier alpha value is -0.900. The third kappa shape index (κ3) is 2.62. The van der Waals surface area contributed by atoms with Crippen LogP contribution < -0.4 is 0 Å². The van der Waals surface area contributed by atoms with Crippen LogP contribution in [0.2, 0.25) is 0 Å². The molecule has 2 saturated heterocycles. The van der Waals surface area contributed by atoms with Gasteiger partial charge in [0, 0.05) is 29.9 Å². The van der Waals surface area contributed by atoms with E-state index in [0.29, 0.717) is 19.1 Å². The number of Topliss-reactive ketones (excluding diaryl/α,β-unsaturated/α-hetero) is 1. The Morgan fingerprint density at radius 2 is 1.65 bits per heavy atom. The number of carbonyl (C=O) groups excluding carboxylic acids is 2. The number of amides is 1. The second-order valence-electron chi connectivity index (χ2n) is 8.15. The molecule has 2 heterocycles. The summed E-state index contributed by atoms with van der Waals surface area (Å²) in [6, 6.07) is -0.408. The van der Waals surface area contributed by atoms with Crippen molar-refractivity contribution < 1.29 is 14.3 Å². The first-order chi connectivity index (χ1) is 9.03. The van der Waals surface area contributed by atoms with Crippen molar-refractivity contribution in [1.82, 2.24) is 4.90 Å². The summed E-state index contributed by atoms with van der Waals surface area (Å²) in [6.07, 6.45) is 0.847. The molecule has 3 atom stereocenters. The number of carbonyl (C=O) groups is 2. The van der Waals surface area contributed by atoms with Crippen LogP contribution in [0.3, 0.4) is 0 Å². The summed E-state index contributed by atoms with van der Waals surface area (Å²) in [4.78, 5) is 27.2. The number of rotatable bonds is 1. The monoisotopic (exact) mass is 281 g/mol. The van der Waals surface area contributed by atoms with Gasteiger partial charge in [0.1, 0.15) is 6.04 Å². The molecule has 4 nitrogen and oxygen atoms in total. The third-order valence-corrected chi connectivity index (χ3v) is 4.25. The first-order valence-corrected chi connectivity index (χ1v) is 7.50. The zero-order valence-electron chi connectivity index (χ0n) is 13.5. The van der Waals surface area contributed by atoms with Crippen LogP contribution in [0.15, 0.2) is 0 Å². The SMILES string of the molecule is CC(C)(C)C(=O)C1C2OCCC2CN1C(=O)C(C)(C)C. The molecule has 114 valence electrons. The normalized spacial score (nSPS) is 30.5. The van der Waals surface area contributed by atoms with Gasteiger partial charge in [-0.05, 0) is 6.42 Å². The molecule has 2 aliphatic rings. The minimum absolute atomic E-state index is 0.0538. The van der Waals surface area contributed by atoms with E-state index in [1.165, 1.54) is 0 Å². The zero-order valence-corrected chi connectivity index (χ0v) is 13.5. The molecule has 2 fully saturated rings. The van der Waals surface area contributed by atoms with Crippen LogP contribution >= 0.6 is 0 Å². The molecular formula is C16H27NO3. The Kier molecular flexibility index (Phi) is 3.74. The first-order valence-electron chi connectivity index (χ1n) is 7.50. The Bertz CT molecular complexity index is 416. The van der Waals surface area contributed by atoms with E-state index in [2.05, 4.69) is 0 Å². The van der Waals surface area contributed by atoms with Crippen molar-refractivity contribution in [2.24, 2.45) is 16.7 Å². The molecule has 0 aromatic rings. The van der Waals surface area contributed by atoms with Crippen LogP contribution in [-0.4, -0.2) is 41.9 Å². The number of likely N-dealkylation sites (tertiary alicyclic amines) is 1. The van der Waals surface area contributed by atoms with E-state index in [4.69, 9.17) is 4.74 Å². The Morgan fingerprint density at radius 1 is 1.05 bits per heavy atom. The number of nitrogens with zero attached hydrogens (tertiary/aromatic N) is 1. The Labute approximate surface area is 121 Å². The molecule has 0 aliphatic carbocycles. The van der Waals surface area contributed by atoms with Crippen molar-refractivity contribution in [3.05, 3.63) is 0 Å². The average Bonchev–Trinajstić information content (AvgIpc) is 2.83. The Balaban J connectivity index is 2.31.